The van der Waals surface area contributed by atoms with Gasteiger partial charge in [-0.3, -0.25) is 19.2 Å². The molecule has 8 nitrogen and oxygen atoms in total. The monoisotopic (exact) mass is 1090 g/mol. The number of carboxylic acids is 4. The summed E-state index contributed by atoms with van der Waals surface area (Å²) in [5, 5.41) is 53.6. The summed E-state index contributed by atoms with van der Waals surface area (Å²) in [6.07, 6.45) is 46.5. The van der Waals surface area contributed by atoms with Gasteiger partial charge in [0.25, 0.3) is 0 Å². The Morgan fingerprint density at radius 2 is 0.375 bits per heavy atom. The topological polar surface area (TPSA) is 149 Å². The average molecular weight is 1090 g/mol. The lowest BCUT2D eigenvalue weighted by molar-refractivity contribution is -0.138. The normalized spacial score (nSPS) is 12.1. The van der Waals surface area contributed by atoms with E-state index >= 15 is 0 Å². The molecule has 4 N–H and O–H groups in total. The van der Waals surface area contributed by atoms with Crippen LogP contribution in [0.5, 0.6) is 0 Å². The van der Waals surface area contributed by atoms with Crippen molar-refractivity contribution in [3.63, 3.8) is 0 Å². The minimum atomic E-state index is -0.685. The van der Waals surface area contributed by atoms with Crippen molar-refractivity contribution < 1.29 is 39.6 Å². The van der Waals surface area contributed by atoms with Gasteiger partial charge in [0.1, 0.15) is 0 Å². The fourth-order valence-electron chi connectivity index (χ4n) is 13.9. The smallest absolute Gasteiger partial charge is 0.303 e. The summed E-state index contributed by atoms with van der Waals surface area (Å²) in [5.41, 5.74) is 6.32. The van der Waals surface area contributed by atoms with Gasteiger partial charge in [0, 0.05) is 25.7 Å². The Morgan fingerprint density at radius 1 is 0.212 bits per heavy atom. The van der Waals surface area contributed by atoms with E-state index in [0.717, 1.165) is 103 Å². The SMILES string of the molecule is O=C(O)CCCCCCCCCCCc1c(CCCCCCCCCCCC(=O)O)c2ccc3ccc4c(CCCCCCCCCCCC(=O)O)c(CCCCCCCCCCCC(=O)O)c5ccc6ccc1c1c6c5c4c3c21. The third-order valence-corrected chi connectivity index (χ3v) is 18.2. The summed E-state index contributed by atoms with van der Waals surface area (Å²) in [6, 6.07) is 19.8. The van der Waals surface area contributed by atoms with Gasteiger partial charge in [0.05, 0.1) is 0 Å². The Balaban J connectivity index is 1.16. The fraction of sp³-hybridized carbons (Fsp3) is 0.611. The molecule has 0 atom stereocenters. The lowest BCUT2D eigenvalue weighted by Gasteiger charge is -2.27. The van der Waals surface area contributed by atoms with Crippen LogP contribution in [0.3, 0.4) is 0 Å². The predicted octanol–water partition coefficient (Wildman–Crippen LogP) is 21.0. The van der Waals surface area contributed by atoms with Crippen molar-refractivity contribution in [2.24, 2.45) is 0 Å². The molecule has 0 saturated heterocycles. The first-order valence-corrected chi connectivity index (χ1v) is 32.7. The lowest BCUT2D eigenvalue weighted by Crippen LogP contribution is -2.05. The Morgan fingerprint density at radius 3 is 0.550 bits per heavy atom. The molecular weight excluding hydrogens is 993 g/mol. The molecule has 80 heavy (non-hydrogen) atoms. The van der Waals surface area contributed by atoms with Crippen molar-refractivity contribution in [1.29, 1.82) is 0 Å². The number of carboxylic acid groups (broad SMARTS) is 4. The molecule has 0 saturated carbocycles. The van der Waals surface area contributed by atoms with Gasteiger partial charge in [-0.15, -0.1) is 0 Å². The largest absolute Gasteiger partial charge is 0.481 e. The molecule has 8 heteroatoms. The van der Waals surface area contributed by atoms with Gasteiger partial charge in [-0.2, -0.15) is 0 Å². The molecule has 7 rings (SSSR count). The van der Waals surface area contributed by atoms with Crippen LogP contribution < -0.4 is 0 Å². The van der Waals surface area contributed by atoms with Crippen LogP contribution in [-0.2, 0) is 44.9 Å². The van der Waals surface area contributed by atoms with E-state index in [4.69, 9.17) is 20.4 Å². The summed E-state index contributed by atoms with van der Waals surface area (Å²) >= 11 is 0. The minimum Gasteiger partial charge on any atom is -0.481 e. The maximum Gasteiger partial charge on any atom is 0.303 e. The molecule has 0 radical (unpaired) electrons. The van der Waals surface area contributed by atoms with Crippen LogP contribution in [0.15, 0.2) is 48.5 Å². The summed E-state index contributed by atoms with van der Waals surface area (Å²) in [5.74, 6) is -2.74. The number of rotatable bonds is 48. The van der Waals surface area contributed by atoms with E-state index in [1.807, 2.05) is 0 Å². The Kier molecular flexibility index (Phi) is 26.7. The average Bonchev–Trinajstić information content (AvgIpc) is 3.46. The Labute approximate surface area is 479 Å². The number of carbonyl (C=O) groups is 4. The van der Waals surface area contributed by atoms with Gasteiger partial charge in [-0.25, -0.2) is 0 Å². The molecule has 0 aliphatic carbocycles. The van der Waals surface area contributed by atoms with Gasteiger partial charge >= 0.3 is 23.9 Å². The summed E-state index contributed by atoms with van der Waals surface area (Å²) in [7, 11) is 0. The second kappa shape index (κ2) is 34.3. The van der Waals surface area contributed by atoms with Crippen LogP contribution in [0.1, 0.15) is 279 Å². The maximum atomic E-state index is 11.0. The first-order chi connectivity index (χ1) is 39.2. The van der Waals surface area contributed by atoms with E-state index in [1.165, 1.54) is 219 Å². The van der Waals surface area contributed by atoms with E-state index in [-0.39, 0.29) is 25.7 Å². The van der Waals surface area contributed by atoms with Crippen LogP contribution in [0.4, 0.5) is 0 Å². The zero-order valence-electron chi connectivity index (χ0n) is 49.2. The molecule has 0 aliphatic heterocycles. The first kappa shape index (κ1) is 62.4. The molecule has 0 aliphatic rings. The van der Waals surface area contributed by atoms with Crippen molar-refractivity contribution >= 4 is 88.5 Å². The highest BCUT2D eigenvalue weighted by molar-refractivity contribution is 6.45. The molecule has 0 fully saturated rings. The zero-order valence-corrected chi connectivity index (χ0v) is 49.2. The van der Waals surface area contributed by atoms with Gasteiger partial charge in [-0.05, 0) is 164 Å². The maximum absolute atomic E-state index is 11.0. The number of hydrogen-bond donors (Lipinski definition) is 4. The molecular formula is C72H100O8. The molecule has 7 aromatic rings. The van der Waals surface area contributed by atoms with Crippen molar-refractivity contribution in [3.05, 3.63) is 70.8 Å². The highest BCUT2D eigenvalue weighted by Crippen LogP contribution is 2.52. The van der Waals surface area contributed by atoms with E-state index in [0.29, 0.717) is 0 Å². The van der Waals surface area contributed by atoms with E-state index in [9.17, 15) is 19.2 Å². The lowest BCUT2D eigenvalue weighted by atomic mass is 9.76. The molecule has 0 spiro atoms. The van der Waals surface area contributed by atoms with Gasteiger partial charge in [-0.1, -0.05) is 228 Å². The first-order valence-electron chi connectivity index (χ1n) is 32.7. The number of benzene rings is 7. The van der Waals surface area contributed by atoms with Gasteiger partial charge in [0.2, 0.25) is 0 Å². The Bertz CT molecular complexity index is 2560. The second-order valence-corrected chi connectivity index (χ2v) is 24.4. The third-order valence-electron chi connectivity index (χ3n) is 18.2. The molecule has 0 heterocycles. The second-order valence-electron chi connectivity index (χ2n) is 24.4. The van der Waals surface area contributed by atoms with Crippen molar-refractivity contribution in [2.75, 3.05) is 0 Å². The zero-order chi connectivity index (χ0) is 56.3. The molecule has 0 unspecified atom stereocenters. The minimum absolute atomic E-state index is 0.285. The number of hydrogen-bond acceptors (Lipinski definition) is 4. The van der Waals surface area contributed by atoms with Gasteiger partial charge in [0.15, 0.2) is 0 Å². The molecule has 436 valence electrons. The predicted molar refractivity (Wildman–Crippen MR) is 335 cm³/mol. The summed E-state index contributed by atoms with van der Waals surface area (Å²) in [4.78, 5) is 43.9. The number of aliphatic carboxylic acids is 4. The van der Waals surface area contributed by atoms with Gasteiger partial charge < -0.3 is 20.4 Å². The Hall–Kier alpha value is -5.24. The van der Waals surface area contributed by atoms with Crippen molar-refractivity contribution in [3.8, 4) is 0 Å². The van der Waals surface area contributed by atoms with Crippen LogP contribution in [-0.4, -0.2) is 44.3 Å². The quantitative estimate of drug-likeness (QED) is 0.0167. The van der Waals surface area contributed by atoms with Crippen LogP contribution >= 0.6 is 0 Å². The van der Waals surface area contributed by atoms with Crippen molar-refractivity contribution in [1.82, 2.24) is 0 Å². The third kappa shape index (κ3) is 18.4. The summed E-state index contributed by atoms with van der Waals surface area (Å²) < 4.78 is 0. The standard InChI is InChI=1S/C72H100O8/c73-63(74)41-33-25-17-9-1-5-13-21-29-37-55-56(38-30-22-14-6-2-10-18-26-34-42-64(75)76)60-50-46-54-48-52-62-58(40-32-24-16-8-4-12-20-28-36-44-66(79)80)57(39-31-23-15-7-3-11-19-27-35-43-65(77)78)61-51-47-53-45-49-59(55)69-67(53)71(61)72(62)68(54)70(60)69/h45-52H,1-44H2,(H,73,74)(H,75,76)(H,77,78)(H,79,80). The highest BCUT2D eigenvalue weighted by Gasteiger charge is 2.27. The highest BCUT2D eigenvalue weighted by atomic mass is 16.4. The molecule has 0 amide bonds. The van der Waals surface area contributed by atoms with Crippen LogP contribution in [0, 0.1) is 0 Å². The number of aryl methyl sites for hydroxylation is 4. The summed E-state index contributed by atoms with van der Waals surface area (Å²) in [6.45, 7) is 0. The fourth-order valence-corrected chi connectivity index (χ4v) is 13.9. The van der Waals surface area contributed by atoms with E-state index in [2.05, 4.69) is 48.5 Å². The molecule has 0 bridgehead atoms. The molecule has 0 aromatic heterocycles. The van der Waals surface area contributed by atoms with E-state index in [1.54, 1.807) is 22.3 Å². The molecule has 7 aromatic carbocycles. The number of unbranched alkanes of at least 4 members (excludes halogenated alkanes) is 32. The van der Waals surface area contributed by atoms with Crippen LogP contribution in [0.25, 0.3) is 64.6 Å². The van der Waals surface area contributed by atoms with Crippen molar-refractivity contribution in [2.45, 2.75) is 283 Å². The van der Waals surface area contributed by atoms with Crippen LogP contribution in [0.2, 0.25) is 0 Å². The van der Waals surface area contributed by atoms with E-state index < -0.39 is 23.9 Å².